The Morgan fingerprint density at radius 2 is 1.30 bits per heavy atom. The Balaban J connectivity index is 2.23. The first-order valence-corrected chi connectivity index (χ1v) is 7.93. The third-order valence-electron chi connectivity index (χ3n) is 4.23. The monoisotopic (exact) mass is 303 g/mol. The van der Waals surface area contributed by atoms with Gasteiger partial charge in [0.25, 0.3) is 0 Å². The van der Waals surface area contributed by atoms with Gasteiger partial charge >= 0.3 is 0 Å². The van der Waals surface area contributed by atoms with Gasteiger partial charge in [-0.1, -0.05) is 32.0 Å². The van der Waals surface area contributed by atoms with Gasteiger partial charge in [0.1, 0.15) is 0 Å². The smallest absolute Gasteiger partial charge is 0.0939 e. The Morgan fingerprint density at radius 3 is 1.78 bits per heavy atom. The summed E-state index contributed by atoms with van der Waals surface area (Å²) in [5.74, 6) is 0.381. The van der Waals surface area contributed by atoms with Gasteiger partial charge < -0.3 is 0 Å². The van der Waals surface area contributed by atoms with Gasteiger partial charge in [0, 0.05) is 18.1 Å². The van der Waals surface area contributed by atoms with Gasteiger partial charge in [-0.05, 0) is 49.2 Å². The van der Waals surface area contributed by atoms with Gasteiger partial charge in [0.05, 0.1) is 22.5 Å². The highest BCUT2D eigenvalue weighted by molar-refractivity contribution is 5.41. The lowest BCUT2D eigenvalue weighted by molar-refractivity contribution is 0.611. The molecular weight excluding hydrogens is 282 g/mol. The fourth-order valence-corrected chi connectivity index (χ4v) is 2.76. The highest BCUT2D eigenvalue weighted by Crippen LogP contribution is 2.35. The van der Waals surface area contributed by atoms with E-state index >= 15 is 0 Å². The van der Waals surface area contributed by atoms with Crippen molar-refractivity contribution in [3.05, 3.63) is 89.8 Å². The molecule has 0 aliphatic rings. The Bertz CT molecular complexity index is 728. The predicted molar refractivity (Wildman–Crippen MR) is 92.4 cm³/mol. The molecule has 3 heterocycles. The van der Waals surface area contributed by atoms with E-state index in [1.165, 1.54) is 0 Å². The zero-order valence-electron chi connectivity index (χ0n) is 13.8. The topological polar surface area (TPSA) is 38.7 Å². The third-order valence-corrected chi connectivity index (χ3v) is 4.23. The molecule has 0 aromatic carbocycles. The summed E-state index contributed by atoms with van der Waals surface area (Å²) in [6.45, 7) is 6.46. The van der Waals surface area contributed by atoms with Crippen molar-refractivity contribution < 1.29 is 0 Å². The van der Waals surface area contributed by atoms with Crippen molar-refractivity contribution in [1.82, 2.24) is 15.0 Å². The molecular formula is C20H21N3. The average Bonchev–Trinajstić information content (AvgIpc) is 2.62. The van der Waals surface area contributed by atoms with Crippen LogP contribution in [0.4, 0.5) is 0 Å². The molecule has 3 aromatic heterocycles. The van der Waals surface area contributed by atoms with Gasteiger partial charge in [-0.2, -0.15) is 0 Å². The minimum atomic E-state index is -0.479. The zero-order chi connectivity index (χ0) is 16.3. The van der Waals surface area contributed by atoms with Crippen LogP contribution in [0.1, 0.15) is 49.5 Å². The molecule has 23 heavy (non-hydrogen) atoms. The summed E-state index contributed by atoms with van der Waals surface area (Å²) in [5.41, 5.74) is 3.48. The SMILES string of the molecule is CC(C)c1cccc(C(C)(c2ccccn2)c2ccccn2)n1. The molecule has 0 saturated heterocycles. The number of hydrogen-bond donors (Lipinski definition) is 0. The lowest BCUT2D eigenvalue weighted by Crippen LogP contribution is -2.29. The van der Waals surface area contributed by atoms with E-state index in [9.17, 15) is 0 Å². The van der Waals surface area contributed by atoms with Crippen molar-refractivity contribution in [1.29, 1.82) is 0 Å². The molecule has 0 atom stereocenters. The van der Waals surface area contributed by atoms with Gasteiger partial charge in [-0.3, -0.25) is 15.0 Å². The first kappa shape index (κ1) is 15.3. The third kappa shape index (κ3) is 2.87. The van der Waals surface area contributed by atoms with Crippen molar-refractivity contribution in [2.45, 2.75) is 32.1 Å². The molecule has 3 rings (SSSR count). The second-order valence-corrected chi connectivity index (χ2v) is 6.16. The minimum Gasteiger partial charge on any atom is -0.260 e. The molecule has 0 fully saturated rings. The van der Waals surface area contributed by atoms with Crippen molar-refractivity contribution in [2.24, 2.45) is 0 Å². The van der Waals surface area contributed by atoms with Crippen molar-refractivity contribution in [3.8, 4) is 0 Å². The summed E-state index contributed by atoms with van der Waals surface area (Å²) in [4.78, 5) is 14.1. The summed E-state index contributed by atoms with van der Waals surface area (Å²) >= 11 is 0. The van der Waals surface area contributed by atoms with Crippen LogP contribution < -0.4 is 0 Å². The molecule has 0 aliphatic heterocycles. The Hall–Kier alpha value is -2.55. The second kappa shape index (κ2) is 6.29. The highest BCUT2D eigenvalue weighted by Gasteiger charge is 2.35. The fraction of sp³-hybridized carbons (Fsp3) is 0.250. The van der Waals surface area contributed by atoms with Crippen LogP contribution in [0.25, 0.3) is 0 Å². The van der Waals surface area contributed by atoms with Crippen molar-refractivity contribution in [2.75, 3.05) is 0 Å². The Kier molecular flexibility index (Phi) is 4.20. The van der Waals surface area contributed by atoms with E-state index < -0.39 is 5.41 Å². The number of rotatable bonds is 4. The van der Waals surface area contributed by atoms with Crippen LogP contribution in [0.2, 0.25) is 0 Å². The van der Waals surface area contributed by atoms with E-state index in [-0.39, 0.29) is 0 Å². The Labute approximate surface area is 137 Å². The van der Waals surface area contributed by atoms with Crippen LogP contribution in [0.5, 0.6) is 0 Å². The summed E-state index contributed by atoms with van der Waals surface area (Å²) < 4.78 is 0. The largest absolute Gasteiger partial charge is 0.260 e. The number of nitrogens with zero attached hydrogens (tertiary/aromatic N) is 3. The first-order valence-electron chi connectivity index (χ1n) is 7.93. The van der Waals surface area contributed by atoms with Gasteiger partial charge in [-0.15, -0.1) is 0 Å². The molecule has 0 saturated carbocycles. The van der Waals surface area contributed by atoms with E-state index in [1.54, 1.807) is 0 Å². The van der Waals surface area contributed by atoms with E-state index in [1.807, 2.05) is 48.8 Å². The molecule has 3 nitrogen and oxygen atoms in total. The second-order valence-electron chi connectivity index (χ2n) is 6.16. The fourth-order valence-electron chi connectivity index (χ4n) is 2.76. The lowest BCUT2D eigenvalue weighted by atomic mass is 9.78. The van der Waals surface area contributed by atoms with Crippen LogP contribution in [0.3, 0.4) is 0 Å². The number of aromatic nitrogens is 3. The molecule has 0 radical (unpaired) electrons. The molecule has 116 valence electrons. The average molecular weight is 303 g/mol. The van der Waals surface area contributed by atoms with Gasteiger partial charge in [0.15, 0.2) is 0 Å². The predicted octanol–water partition coefficient (Wildman–Crippen LogP) is 4.35. The van der Waals surface area contributed by atoms with Gasteiger partial charge in [-0.25, -0.2) is 0 Å². The molecule has 0 N–H and O–H groups in total. The maximum Gasteiger partial charge on any atom is 0.0939 e. The Morgan fingerprint density at radius 1 is 0.739 bits per heavy atom. The minimum absolute atomic E-state index is 0.381. The van der Waals surface area contributed by atoms with Crippen LogP contribution in [0, 0.1) is 0 Å². The van der Waals surface area contributed by atoms with Crippen LogP contribution >= 0.6 is 0 Å². The molecule has 0 aliphatic carbocycles. The standard InChI is InChI=1S/C20H21N3/c1-15(2)16-9-8-12-19(23-16)20(3,17-10-4-6-13-21-17)18-11-5-7-14-22-18/h4-15H,1-3H3. The lowest BCUT2D eigenvalue weighted by Gasteiger charge is -2.28. The molecule has 0 unspecified atom stereocenters. The maximum atomic E-state index is 4.92. The summed E-state index contributed by atoms with van der Waals surface area (Å²) in [5, 5.41) is 0. The number of hydrogen-bond acceptors (Lipinski definition) is 3. The molecule has 0 spiro atoms. The molecule has 0 amide bonds. The van der Waals surface area contributed by atoms with Crippen molar-refractivity contribution >= 4 is 0 Å². The van der Waals surface area contributed by atoms with Crippen LogP contribution in [-0.4, -0.2) is 15.0 Å². The summed E-state index contributed by atoms with van der Waals surface area (Å²) in [7, 11) is 0. The molecule has 0 bridgehead atoms. The van der Waals surface area contributed by atoms with E-state index in [4.69, 9.17) is 4.98 Å². The maximum absolute atomic E-state index is 4.92. The normalized spacial score (nSPS) is 11.7. The first-order chi connectivity index (χ1) is 11.1. The van der Waals surface area contributed by atoms with Crippen molar-refractivity contribution in [3.63, 3.8) is 0 Å². The molecule has 3 heteroatoms. The zero-order valence-corrected chi connectivity index (χ0v) is 13.8. The van der Waals surface area contributed by atoms with Crippen LogP contribution in [-0.2, 0) is 5.41 Å². The summed E-state index contributed by atoms with van der Waals surface area (Å²) in [6, 6.07) is 18.2. The van der Waals surface area contributed by atoms with E-state index in [2.05, 4.69) is 48.9 Å². The highest BCUT2D eigenvalue weighted by atomic mass is 14.8. The molecule has 3 aromatic rings. The van der Waals surface area contributed by atoms with Crippen LogP contribution in [0.15, 0.2) is 67.0 Å². The van der Waals surface area contributed by atoms with Gasteiger partial charge in [0.2, 0.25) is 0 Å². The van der Waals surface area contributed by atoms with E-state index in [0.29, 0.717) is 5.92 Å². The summed E-state index contributed by atoms with van der Waals surface area (Å²) in [6.07, 6.45) is 3.64. The van der Waals surface area contributed by atoms with E-state index in [0.717, 1.165) is 22.8 Å². The quantitative estimate of drug-likeness (QED) is 0.719. The number of pyridine rings is 3.